The van der Waals surface area contributed by atoms with Gasteiger partial charge in [0.05, 0.1) is 26.3 Å². The number of piperidine rings is 1. The molecule has 5 nitrogen and oxygen atoms in total. The molecule has 1 aliphatic rings. The molecule has 2 aromatic rings. The maximum absolute atomic E-state index is 12.5. The third-order valence-corrected chi connectivity index (χ3v) is 5.59. The number of hydrogen-bond donors (Lipinski definition) is 0. The van der Waals surface area contributed by atoms with Gasteiger partial charge >= 0.3 is 0 Å². The quantitative estimate of drug-likeness (QED) is 0.817. The second-order valence-electron chi connectivity index (χ2n) is 6.45. The Labute approximate surface area is 152 Å². The van der Waals surface area contributed by atoms with Crippen LogP contribution in [0.3, 0.4) is 0 Å². The molecule has 0 bridgehead atoms. The van der Waals surface area contributed by atoms with E-state index < -0.39 is 0 Å². The molecule has 1 fully saturated rings. The molecule has 0 unspecified atom stereocenters. The molecule has 1 amide bonds. The largest absolute Gasteiger partial charge is 0.493 e. The summed E-state index contributed by atoms with van der Waals surface area (Å²) >= 11 is 1.55. The molecule has 0 radical (unpaired) electrons. The molecule has 134 valence electrons. The zero-order valence-corrected chi connectivity index (χ0v) is 15.8. The lowest BCUT2D eigenvalue weighted by atomic mass is 9.99. The maximum atomic E-state index is 12.5. The minimum absolute atomic E-state index is 0.177. The van der Waals surface area contributed by atoms with E-state index in [1.807, 2.05) is 28.5 Å². The molecule has 1 aromatic heterocycles. The number of likely N-dealkylation sites (tertiary alicyclic amines) is 1. The van der Waals surface area contributed by atoms with Crippen molar-refractivity contribution in [3.63, 3.8) is 0 Å². The minimum Gasteiger partial charge on any atom is -0.493 e. The highest BCUT2D eigenvalue weighted by Gasteiger charge is 2.21. The summed E-state index contributed by atoms with van der Waals surface area (Å²) in [5, 5.41) is 2.85. The van der Waals surface area contributed by atoms with Crippen LogP contribution in [0, 0.1) is 5.92 Å². The van der Waals surface area contributed by atoms with Gasteiger partial charge in [-0.15, -0.1) is 11.3 Å². The van der Waals surface area contributed by atoms with Gasteiger partial charge in [-0.1, -0.05) is 6.92 Å². The Morgan fingerprint density at radius 2 is 1.96 bits per heavy atom. The van der Waals surface area contributed by atoms with Crippen LogP contribution in [0.5, 0.6) is 11.5 Å². The van der Waals surface area contributed by atoms with E-state index in [2.05, 4.69) is 11.9 Å². The van der Waals surface area contributed by atoms with Crippen LogP contribution in [0.2, 0.25) is 0 Å². The number of rotatable bonds is 5. The van der Waals surface area contributed by atoms with Gasteiger partial charge in [-0.2, -0.15) is 0 Å². The Hall–Kier alpha value is -2.08. The second-order valence-corrected chi connectivity index (χ2v) is 7.31. The Kier molecular flexibility index (Phi) is 5.58. The molecule has 1 aliphatic heterocycles. The van der Waals surface area contributed by atoms with Crippen LogP contribution in [0.15, 0.2) is 23.6 Å². The van der Waals surface area contributed by atoms with Crippen LogP contribution in [0.1, 0.15) is 25.5 Å². The Morgan fingerprint density at radius 3 is 2.64 bits per heavy atom. The number of hydrogen-bond acceptors (Lipinski definition) is 5. The molecule has 6 heteroatoms. The number of carbonyl (C=O) groups excluding carboxylic acids is 1. The van der Waals surface area contributed by atoms with Crippen LogP contribution < -0.4 is 9.47 Å². The molecule has 0 aliphatic carbocycles. The first kappa shape index (κ1) is 17.7. The van der Waals surface area contributed by atoms with Crippen molar-refractivity contribution >= 4 is 17.2 Å². The van der Waals surface area contributed by atoms with E-state index in [1.54, 1.807) is 25.6 Å². The number of amides is 1. The summed E-state index contributed by atoms with van der Waals surface area (Å²) in [5.74, 6) is 2.27. The highest BCUT2D eigenvalue weighted by Crippen LogP contribution is 2.33. The lowest BCUT2D eigenvalue weighted by Gasteiger charge is -2.30. The van der Waals surface area contributed by atoms with E-state index in [-0.39, 0.29) is 5.91 Å². The van der Waals surface area contributed by atoms with Crippen molar-refractivity contribution in [1.29, 1.82) is 0 Å². The van der Waals surface area contributed by atoms with Gasteiger partial charge in [0.25, 0.3) is 0 Å². The highest BCUT2D eigenvalue weighted by molar-refractivity contribution is 7.13. The normalized spacial score (nSPS) is 15.2. The van der Waals surface area contributed by atoms with E-state index >= 15 is 0 Å². The van der Waals surface area contributed by atoms with Crippen LogP contribution in [0.4, 0.5) is 0 Å². The summed E-state index contributed by atoms with van der Waals surface area (Å²) in [6.07, 6.45) is 2.57. The zero-order valence-electron chi connectivity index (χ0n) is 14.9. The average molecular weight is 360 g/mol. The van der Waals surface area contributed by atoms with Gasteiger partial charge in [0.1, 0.15) is 5.01 Å². The molecule has 0 N–H and O–H groups in total. The van der Waals surface area contributed by atoms with Gasteiger partial charge in [0, 0.05) is 24.0 Å². The van der Waals surface area contributed by atoms with Crippen LogP contribution in [-0.4, -0.2) is 43.1 Å². The fraction of sp³-hybridized carbons (Fsp3) is 0.474. The number of carbonyl (C=O) groups is 1. The second kappa shape index (κ2) is 7.87. The van der Waals surface area contributed by atoms with Gasteiger partial charge in [-0.3, -0.25) is 4.79 Å². The third kappa shape index (κ3) is 4.12. The Balaban J connectivity index is 1.69. The van der Waals surface area contributed by atoms with E-state index in [0.717, 1.165) is 48.1 Å². The van der Waals surface area contributed by atoms with Gasteiger partial charge in [-0.25, -0.2) is 4.98 Å². The molecule has 1 saturated heterocycles. The average Bonchev–Trinajstić information content (AvgIpc) is 3.10. The number of methoxy groups -OCH3 is 2. The van der Waals surface area contributed by atoms with E-state index in [4.69, 9.17) is 9.47 Å². The van der Waals surface area contributed by atoms with E-state index in [1.165, 1.54) is 0 Å². The summed E-state index contributed by atoms with van der Waals surface area (Å²) in [6, 6.07) is 5.74. The van der Waals surface area contributed by atoms with Crippen molar-refractivity contribution in [2.75, 3.05) is 27.3 Å². The Morgan fingerprint density at radius 1 is 1.24 bits per heavy atom. The number of benzene rings is 1. The van der Waals surface area contributed by atoms with Gasteiger partial charge < -0.3 is 14.4 Å². The summed E-state index contributed by atoms with van der Waals surface area (Å²) < 4.78 is 10.6. The van der Waals surface area contributed by atoms with Crippen molar-refractivity contribution in [3.8, 4) is 22.1 Å². The topological polar surface area (TPSA) is 51.7 Å². The van der Waals surface area contributed by atoms with E-state index in [0.29, 0.717) is 17.9 Å². The van der Waals surface area contributed by atoms with Crippen molar-refractivity contribution in [2.45, 2.75) is 26.2 Å². The molecule has 0 spiro atoms. The minimum atomic E-state index is 0.177. The van der Waals surface area contributed by atoms with Crippen molar-refractivity contribution < 1.29 is 14.3 Å². The fourth-order valence-corrected chi connectivity index (χ4v) is 3.83. The summed E-state index contributed by atoms with van der Waals surface area (Å²) in [4.78, 5) is 19.1. The van der Waals surface area contributed by atoms with Crippen molar-refractivity contribution in [2.24, 2.45) is 5.92 Å². The number of nitrogens with zero attached hydrogens (tertiary/aromatic N) is 2. The molecule has 3 rings (SSSR count). The standard InChI is InChI=1S/C19H24N2O3S/c1-13-6-8-21(9-7-13)18(22)11-15-12-25-19(20-15)14-4-5-16(23-2)17(10-14)24-3/h4-5,10,12-13H,6-9,11H2,1-3H3. The SMILES string of the molecule is COc1ccc(-c2nc(CC(=O)N3CCC(C)CC3)cs2)cc1OC. The van der Waals surface area contributed by atoms with E-state index in [9.17, 15) is 4.79 Å². The molecule has 2 heterocycles. The smallest absolute Gasteiger partial charge is 0.228 e. The molecule has 0 saturated carbocycles. The first-order valence-electron chi connectivity index (χ1n) is 8.55. The van der Waals surface area contributed by atoms with Gasteiger partial charge in [-0.05, 0) is 37.0 Å². The van der Waals surface area contributed by atoms with Gasteiger partial charge in [0.2, 0.25) is 5.91 Å². The highest BCUT2D eigenvalue weighted by atomic mass is 32.1. The van der Waals surface area contributed by atoms with Crippen LogP contribution in [0.25, 0.3) is 10.6 Å². The van der Waals surface area contributed by atoms with Crippen LogP contribution in [-0.2, 0) is 11.2 Å². The molecular weight excluding hydrogens is 336 g/mol. The maximum Gasteiger partial charge on any atom is 0.228 e. The zero-order chi connectivity index (χ0) is 17.8. The number of thiazole rings is 1. The summed E-state index contributed by atoms with van der Waals surface area (Å²) in [5.41, 5.74) is 1.80. The first-order valence-corrected chi connectivity index (χ1v) is 9.43. The van der Waals surface area contributed by atoms with Crippen molar-refractivity contribution in [3.05, 3.63) is 29.3 Å². The molecule has 0 atom stereocenters. The molecule has 1 aromatic carbocycles. The lowest BCUT2D eigenvalue weighted by Crippen LogP contribution is -2.38. The summed E-state index contributed by atoms with van der Waals surface area (Å²) in [7, 11) is 3.24. The van der Waals surface area contributed by atoms with Crippen LogP contribution >= 0.6 is 11.3 Å². The molecule has 25 heavy (non-hydrogen) atoms. The number of aromatic nitrogens is 1. The Bertz CT molecular complexity index is 736. The fourth-order valence-electron chi connectivity index (χ4n) is 3.01. The predicted octanol–water partition coefficient (Wildman–Crippen LogP) is 3.63. The first-order chi connectivity index (χ1) is 12.1. The third-order valence-electron chi connectivity index (χ3n) is 4.65. The number of ether oxygens (including phenoxy) is 2. The van der Waals surface area contributed by atoms with Gasteiger partial charge in [0.15, 0.2) is 11.5 Å². The molecular formula is C19H24N2O3S. The monoisotopic (exact) mass is 360 g/mol. The van der Waals surface area contributed by atoms with Crippen molar-refractivity contribution in [1.82, 2.24) is 9.88 Å². The predicted molar refractivity (Wildman–Crippen MR) is 99.3 cm³/mol. The summed E-state index contributed by atoms with van der Waals surface area (Å²) in [6.45, 7) is 3.98. The lowest BCUT2D eigenvalue weighted by molar-refractivity contribution is -0.131.